The predicted octanol–water partition coefficient (Wildman–Crippen LogP) is 2.12. The molecule has 1 N–H and O–H groups in total. The first-order valence-corrected chi connectivity index (χ1v) is 8.50. The van der Waals surface area contributed by atoms with Gasteiger partial charge in [-0.25, -0.2) is 4.79 Å². The van der Waals surface area contributed by atoms with Gasteiger partial charge < -0.3 is 19.5 Å². The molecule has 1 saturated heterocycles. The molecule has 0 unspecified atom stereocenters. The second-order valence-corrected chi connectivity index (χ2v) is 6.01. The monoisotopic (exact) mass is 390 g/mol. The van der Waals surface area contributed by atoms with Gasteiger partial charge in [0.05, 0.1) is 18.8 Å². The lowest BCUT2D eigenvalue weighted by Gasteiger charge is -2.39. The van der Waals surface area contributed by atoms with Gasteiger partial charge in [-0.05, 0) is 31.9 Å². The summed E-state index contributed by atoms with van der Waals surface area (Å²) < 4.78 is 43.3. The maximum absolute atomic E-state index is 12.6. The number of carboxylic acids is 1. The normalized spacial score (nSPS) is 24.6. The van der Waals surface area contributed by atoms with Crippen LogP contribution in [0, 0.1) is 0 Å². The molecule has 2 heterocycles. The van der Waals surface area contributed by atoms with E-state index >= 15 is 0 Å². The number of morpholine rings is 1. The molecule has 1 aromatic heterocycles. The molecule has 2 fully saturated rings. The van der Waals surface area contributed by atoms with Gasteiger partial charge in [-0.1, -0.05) is 0 Å². The van der Waals surface area contributed by atoms with E-state index in [0.717, 1.165) is 12.8 Å². The number of alkyl halides is 3. The Bertz CT molecular complexity index is 641. The maximum Gasteiger partial charge on any atom is 0.490 e. The quantitative estimate of drug-likeness (QED) is 0.851. The Balaban J connectivity index is 0.000000321. The highest BCUT2D eigenvalue weighted by Crippen LogP contribution is 2.32. The zero-order chi connectivity index (χ0) is 20.0. The van der Waals surface area contributed by atoms with Crippen molar-refractivity contribution < 1.29 is 37.3 Å². The summed E-state index contributed by atoms with van der Waals surface area (Å²) in [5.74, 6) is -2.68. The second-order valence-electron chi connectivity index (χ2n) is 6.01. The second kappa shape index (κ2) is 9.14. The highest BCUT2D eigenvalue weighted by atomic mass is 19.4. The molecule has 10 heteroatoms. The van der Waals surface area contributed by atoms with Crippen LogP contribution in [0.15, 0.2) is 24.5 Å². The number of carbonyl (C=O) groups excluding carboxylic acids is 1. The fraction of sp³-hybridized carbons (Fsp3) is 0.588. The van der Waals surface area contributed by atoms with Crippen LogP contribution in [-0.2, 0) is 14.3 Å². The third-order valence-electron chi connectivity index (χ3n) is 4.35. The molecule has 150 valence electrons. The van der Waals surface area contributed by atoms with E-state index in [-0.39, 0.29) is 24.2 Å². The Morgan fingerprint density at radius 2 is 1.96 bits per heavy atom. The standard InChI is InChI=1S/C15H20N2O3.C2HF3O2/c1-2-19-13-4-3-12-14(13)20-10-9-17(12)15(18)11-5-7-16-8-6-11;3-2(4,5)1(6)7/h5-8,12-14H,2-4,9-10H2,1H3;(H,6,7)/t12-,13+,14+;/m0./s1. The Morgan fingerprint density at radius 1 is 1.33 bits per heavy atom. The molecule has 1 aliphatic heterocycles. The maximum atomic E-state index is 12.6. The summed E-state index contributed by atoms with van der Waals surface area (Å²) in [6.07, 6.45) is 0.286. The Kier molecular flexibility index (Phi) is 7.14. The van der Waals surface area contributed by atoms with Crippen molar-refractivity contribution in [2.45, 2.75) is 44.2 Å². The van der Waals surface area contributed by atoms with E-state index in [9.17, 15) is 18.0 Å². The summed E-state index contributed by atoms with van der Waals surface area (Å²) in [7, 11) is 0. The molecule has 3 atom stereocenters. The predicted molar refractivity (Wildman–Crippen MR) is 87.1 cm³/mol. The van der Waals surface area contributed by atoms with Crippen molar-refractivity contribution in [3.8, 4) is 0 Å². The fourth-order valence-electron chi connectivity index (χ4n) is 3.22. The highest BCUT2D eigenvalue weighted by Gasteiger charge is 2.45. The van der Waals surface area contributed by atoms with Crippen LogP contribution in [0.25, 0.3) is 0 Å². The number of carboxylic acid groups (broad SMARTS) is 1. The van der Waals surface area contributed by atoms with Crippen LogP contribution in [0.5, 0.6) is 0 Å². The summed E-state index contributed by atoms with van der Waals surface area (Å²) in [5, 5.41) is 7.12. The van der Waals surface area contributed by atoms with E-state index in [0.29, 0.717) is 25.3 Å². The molecule has 1 amide bonds. The number of halogens is 3. The average molecular weight is 390 g/mol. The molecule has 0 radical (unpaired) electrons. The number of aromatic nitrogens is 1. The minimum atomic E-state index is -5.08. The van der Waals surface area contributed by atoms with Gasteiger partial charge in [-0.2, -0.15) is 13.2 Å². The number of nitrogens with zero attached hydrogens (tertiary/aromatic N) is 2. The smallest absolute Gasteiger partial charge is 0.475 e. The molecule has 1 aliphatic carbocycles. The van der Waals surface area contributed by atoms with Gasteiger partial charge in [0.15, 0.2) is 0 Å². The van der Waals surface area contributed by atoms with Gasteiger partial charge >= 0.3 is 12.1 Å². The molecule has 1 aromatic rings. The summed E-state index contributed by atoms with van der Waals surface area (Å²) in [6.45, 7) is 3.92. The first-order chi connectivity index (χ1) is 12.8. The third kappa shape index (κ3) is 5.39. The molecule has 0 aromatic carbocycles. The number of carbonyl (C=O) groups is 2. The largest absolute Gasteiger partial charge is 0.490 e. The van der Waals surface area contributed by atoms with Crippen LogP contribution in [0.2, 0.25) is 0 Å². The van der Waals surface area contributed by atoms with Crippen molar-refractivity contribution in [1.29, 1.82) is 0 Å². The topological polar surface area (TPSA) is 89.0 Å². The molecule has 2 aliphatic rings. The number of aliphatic carboxylic acids is 1. The van der Waals surface area contributed by atoms with Crippen LogP contribution >= 0.6 is 0 Å². The number of amides is 1. The summed E-state index contributed by atoms with van der Waals surface area (Å²) in [5.41, 5.74) is 0.695. The first-order valence-electron chi connectivity index (χ1n) is 8.50. The van der Waals surface area contributed by atoms with E-state index in [2.05, 4.69) is 4.98 Å². The third-order valence-corrected chi connectivity index (χ3v) is 4.35. The Labute approximate surface area is 154 Å². The first kappa shape index (κ1) is 21.1. The molecule has 0 spiro atoms. The van der Waals surface area contributed by atoms with Crippen molar-refractivity contribution in [3.63, 3.8) is 0 Å². The average Bonchev–Trinajstić information content (AvgIpc) is 3.05. The zero-order valence-corrected chi connectivity index (χ0v) is 14.7. The fourth-order valence-corrected chi connectivity index (χ4v) is 3.22. The van der Waals surface area contributed by atoms with E-state index in [1.165, 1.54) is 0 Å². The van der Waals surface area contributed by atoms with Crippen LogP contribution in [-0.4, -0.2) is 71.1 Å². The van der Waals surface area contributed by atoms with Gasteiger partial charge in [0.2, 0.25) is 0 Å². The van der Waals surface area contributed by atoms with Gasteiger partial charge in [0, 0.05) is 31.1 Å². The molecular formula is C17H21F3N2O5. The summed E-state index contributed by atoms with van der Waals surface area (Å²) in [4.78, 5) is 27.4. The highest BCUT2D eigenvalue weighted by molar-refractivity contribution is 5.94. The van der Waals surface area contributed by atoms with Gasteiger partial charge in [-0.3, -0.25) is 9.78 Å². The molecule has 7 nitrogen and oxygen atoms in total. The van der Waals surface area contributed by atoms with Crippen molar-refractivity contribution in [1.82, 2.24) is 9.88 Å². The number of hydrogen-bond donors (Lipinski definition) is 1. The minimum Gasteiger partial charge on any atom is -0.475 e. The van der Waals surface area contributed by atoms with Gasteiger partial charge in [0.25, 0.3) is 5.91 Å². The van der Waals surface area contributed by atoms with Gasteiger partial charge in [-0.15, -0.1) is 0 Å². The van der Waals surface area contributed by atoms with E-state index in [1.54, 1.807) is 24.5 Å². The number of pyridine rings is 1. The van der Waals surface area contributed by atoms with Crippen LogP contribution in [0.3, 0.4) is 0 Å². The van der Waals surface area contributed by atoms with Crippen molar-refractivity contribution in [2.75, 3.05) is 19.8 Å². The van der Waals surface area contributed by atoms with E-state index < -0.39 is 12.1 Å². The van der Waals surface area contributed by atoms with Crippen LogP contribution in [0.4, 0.5) is 13.2 Å². The molecule has 0 bridgehead atoms. The molecule has 27 heavy (non-hydrogen) atoms. The lowest BCUT2D eigenvalue weighted by molar-refractivity contribution is -0.192. The molecule has 3 rings (SSSR count). The van der Waals surface area contributed by atoms with Crippen LogP contribution in [0.1, 0.15) is 30.1 Å². The lowest BCUT2D eigenvalue weighted by Crippen LogP contribution is -2.53. The molecular weight excluding hydrogens is 369 g/mol. The van der Waals surface area contributed by atoms with E-state index in [4.69, 9.17) is 19.4 Å². The minimum absolute atomic E-state index is 0.0227. The number of rotatable bonds is 3. The lowest BCUT2D eigenvalue weighted by atomic mass is 10.1. The van der Waals surface area contributed by atoms with Crippen molar-refractivity contribution in [2.24, 2.45) is 0 Å². The Morgan fingerprint density at radius 3 is 2.52 bits per heavy atom. The number of fused-ring (bicyclic) bond motifs is 1. The molecule has 1 saturated carbocycles. The van der Waals surface area contributed by atoms with Crippen LogP contribution < -0.4 is 0 Å². The number of ether oxygens (including phenoxy) is 2. The summed E-state index contributed by atoms with van der Waals surface area (Å²) >= 11 is 0. The van der Waals surface area contributed by atoms with Gasteiger partial charge in [0.1, 0.15) is 6.10 Å². The van der Waals surface area contributed by atoms with Crippen molar-refractivity contribution in [3.05, 3.63) is 30.1 Å². The zero-order valence-electron chi connectivity index (χ0n) is 14.7. The SMILES string of the molecule is CCO[C@@H]1CC[C@H]2[C@H]1OCCN2C(=O)c1ccncc1.O=C(O)C(F)(F)F. The van der Waals surface area contributed by atoms with E-state index in [1.807, 2.05) is 11.8 Å². The number of hydrogen-bond acceptors (Lipinski definition) is 5. The van der Waals surface area contributed by atoms with Crippen molar-refractivity contribution >= 4 is 11.9 Å². The Hall–Kier alpha value is -2.20. The summed E-state index contributed by atoms with van der Waals surface area (Å²) in [6, 6.07) is 3.67.